The summed E-state index contributed by atoms with van der Waals surface area (Å²) in [5.74, 6) is 0.976. The Morgan fingerprint density at radius 2 is 2.05 bits per heavy atom. The van der Waals surface area contributed by atoms with E-state index in [0.29, 0.717) is 10.0 Å². The van der Waals surface area contributed by atoms with Gasteiger partial charge in [-0.05, 0) is 55.6 Å². The zero-order valence-electron chi connectivity index (χ0n) is 11.7. The lowest BCUT2D eigenvalue weighted by molar-refractivity contribution is 0.408. The van der Waals surface area contributed by atoms with Gasteiger partial charge in [-0.25, -0.2) is 0 Å². The SMILES string of the molecule is CCCNC(Cc1ccc(Cl)cc1Cl)c1occc1C. The predicted molar refractivity (Wildman–Crippen MR) is 84.6 cm³/mol. The van der Waals surface area contributed by atoms with Gasteiger partial charge in [0.25, 0.3) is 0 Å². The number of benzene rings is 1. The van der Waals surface area contributed by atoms with Gasteiger partial charge in [0.05, 0.1) is 12.3 Å². The smallest absolute Gasteiger partial charge is 0.123 e. The van der Waals surface area contributed by atoms with Crippen molar-refractivity contribution in [2.75, 3.05) is 6.54 Å². The molecule has 1 heterocycles. The summed E-state index contributed by atoms with van der Waals surface area (Å²) in [6.45, 7) is 5.15. The van der Waals surface area contributed by atoms with Gasteiger partial charge in [0.2, 0.25) is 0 Å². The van der Waals surface area contributed by atoms with Crippen LogP contribution in [-0.4, -0.2) is 6.54 Å². The standard InChI is InChI=1S/C16H19Cl2NO/c1-3-7-19-15(16-11(2)6-8-20-16)9-12-4-5-13(17)10-14(12)18/h4-6,8,10,15,19H,3,7,9H2,1-2H3. The summed E-state index contributed by atoms with van der Waals surface area (Å²) in [7, 11) is 0. The van der Waals surface area contributed by atoms with Gasteiger partial charge in [0.1, 0.15) is 5.76 Å². The molecule has 1 unspecified atom stereocenters. The van der Waals surface area contributed by atoms with Crippen LogP contribution in [0, 0.1) is 6.92 Å². The summed E-state index contributed by atoms with van der Waals surface area (Å²) in [6.07, 6.45) is 3.59. The van der Waals surface area contributed by atoms with Crippen molar-refractivity contribution in [3.8, 4) is 0 Å². The summed E-state index contributed by atoms with van der Waals surface area (Å²) in [5, 5.41) is 4.88. The highest BCUT2D eigenvalue weighted by molar-refractivity contribution is 6.35. The molecule has 20 heavy (non-hydrogen) atoms. The Morgan fingerprint density at radius 3 is 2.65 bits per heavy atom. The zero-order valence-corrected chi connectivity index (χ0v) is 13.3. The maximum Gasteiger partial charge on any atom is 0.123 e. The average molecular weight is 312 g/mol. The van der Waals surface area contributed by atoms with E-state index in [4.69, 9.17) is 27.6 Å². The van der Waals surface area contributed by atoms with Crippen LogP contribution in [0.1, 0.15) is 36.3 Å². The third-order valence-corrected chi connectivity index (χ3v) is 3.89. The number of halogens is 2. The number of hydrogen-bond acceptors (Lipinski definition) is 2. The first-order valence-electron chi connectivity index (χ1n) is 6.83. The fourth-order valence-electron chi connectivity index (χ4n) is 2.22. The molecule has 0 aliphatic rings. The van der Waals surface area contributed by atoms with Crippen molar-refractivity contribution in [2.45, 2.75) is 32.7 Å². The average Bonchev–Trinajstić information content (AvgIpc) is 2.83. The fourth-order valence-corrected chi connectivity index (χ4v) is 2.71. The molecule has 108 valence electrons. The van der Waals surface area contributed by atoms with Crippen LogP contribution in [0.3, 0.4) is 0 Å². The Balaban J connectivity index is 2.21. The molecule has 0 bridgehead atoms. The summed E-state index contributed by atoms with van der Waals surface area (Å²) < 4.78 is 5.63. The van der Waals surface area contributed by atoms with E-state index in [1.54, 1.807) is 12.3 Å². The monoisotopic (exact) mass is 311 g/mol. The molecule has 2 aromatic rings. The molecule has 0 saturated carbocycles. The Bertz CT molecular complexity index is 565. The Hall–Kier alpha value is -0.960. The van der Waals surface area contributed by atoms with Crippen molar-refractivity contribution in [3.05, 3.63) is 57.5 Å². The van der Waals surface area contributed by atoms with Crippen LogP contribution in [0.15, 0.2) is 34.9 Å². The molecule has 2 rings (SSSR count). The van der Waals surface area contributed by atoms with Gasteiger partial charge in [0.15, 0.2) is 0 Å². The maximum absolute atomic E-state index is 6.27. The van der Waals surface area contributed by atoms with Gasteiger partial charge in [-0.2, -0.15) is 0 Å². The molecule has 2 nitrogen and oxygen atoms in total. The summed E-state index contributed by atoms with van der Waals surface area (Å²) >= 11 is 12.2. The number of rotatable bonds is 6. The van der Waals surface area contributed by atoms with Crippen molar-refractivity contribution < 1.29 is 4.42 Å². The lowest BCUT2D eigenvalue weighted by atomic mass is 10.0. The fraction of sp³-hybridized carbons (Fsp3) is 0.375. The molecule has 1 N–H and O–H groups in total. The molecular formula is C16H19Cl2NO. The third-order valence-electron chi connectivity index (χ3n) is 3.30. The molecule has 0 aliphatic carbocycles. The Labute approximate surface area is 130 Å². The van der Waals surface area contributed by atoms with Crippen molar-refractivity contribution in [2.24, 2.45) is 0 Å². The number of aryl methyl sites for hydroxylation is 1. The van der Waals surface area contributed by atoms with Crippen molar-refractivity contribution >= 4 is 23.2 Å². The molecule has 1 aromatic heterocycles. The van der Waals surface area contributed by atoms with E-state index in [2.05, 4.69) is 19.2 Å². The third kappa shape index (κ3) is 3.78. The predicted octanol–water partition coefficient (Wildman–Crippen LogP) is 5.18. The van der Waals surface area contributed by atoms with Crippen molar-refractivity contribution in [1.29, 1.82) is 0 Å². The van der Waals surface area contributed by atoms with Crippen molar-refractivity contribution in [3.63, 3.8) is 0 Å². The molecule has 1 atom stereocenters. The first-order chi connectivity index (χ1) is 9.61. The van der Waals surface area contributed by atoms with Crippen molar-refractivity contribution in [1.82, 2.24) is 5.32 Å². The lowest BCUT2D eigenvalue weighted by Crippen LogP contribution is -2.24. The van der Waals surface area contributed by atoms with E-state index in [1.165, 1.54) is 0 Å². The lowest BCUT2D eigenvalue weighted by Gasteiger charge is -2.18. The van der Waals surface area contributed by atoms with Gasteiger partial charge < -0.3 is 9.73 Å². The van der Waals surface area contributed by atoms with Crippen LogP contribution in [0.5, 0.6) is 0 Å². The van der Waals surface area contributed by atoms with E-state index in [-0.39, 0.29) is 6.04 Å². The van der Waals surface area contributed by atoms with Gasteiger partial charge in [-0.3, -0.25) is 0 Å². The minimum atomic E-state index is 0.128. The molecule has 0 amide bonds. The van der Waals surface area contributed by atoms with E-state index in [9.17, 15) is 0 Å². The molecule has 0 radical (unpaired) electrons. The molecule has 0 aliphatic heterocycles. The maximum atomic E-state index is 6.27. The van der Waals surface area contributed by atoms with E-state index in [0.717, 1.165) is 36.3 Å². The first kappa shape index (κ1) is 15.4. The second-order valence-electron chi connectivity index (χ2n) is 4.91. The second kappa shape index (κ2) is 7.16. The molecule has 0 saturated heterocycles. The first-order valence-corrected chi connectivity index (χ1v) is 7.58. The van der Waals surface area contributed by atoms with E-state index in [1.807, 2.05) is 18.2 Å². The van der Waals surface area contributed by atoms with Crippen LogP contribution < -0.4 is 5.32 Å². The van der Waals surface area contributed by atoms with E-state index >= 15 is 0 Å². The van der Waals surface area contributed by atoms with Crippen LogP contribution in [0.25, 0.3) is 0 Å². The second-order valence-corrected chi connectivity index (χ2v) is 5.76. The molecule has 0 fully saturated rings. The van der Waals surface area contributed by atoms with Crippen LogP contribution in [-0.2, 0) is 6.42 Å². The highest BCUT2D eigenvalue weighted by Crippen LogP contribution is 2.28. The topological polar surface area (TPSA) is 25.2 Å². The van der Waals surface area contributed by atoms with Crippen LogP contribution >= 0.6 is 23.2 Å². The largest absolute Gasteiger partial charge is 0.467 e. The van der Waals surface area contributed by atoms with Crippen LogP contribution in [0.2, 0.25) is 10.0 Å². The minimum absolute atomic E-state index is 0.128. The molecule has 4 heteroatoms. The number of furan rings is 1. The Morgan fingerprint density at radius 1 is 1.25 bits per heavy atom. The van der Waals surface area contributed by atoms with E-state index < -0.39 is 0 Å². The number of hydrogen-bond donors (Lipinski definition) is 1. The highest BCUT2D eigenvalue weighted by Gasteiger charge is 2.18. The van der Waals surface area contributed by atoms with Crippen LogP contribution in [0.4, 0.5) is 0 Å². The quantitative estimate of drug-likeness (QED) is 0.795. The summed E-state index contributed by atoms with van der Waals surface area (Å²) in [4.78, 5) is 0. The summed E-state index contributed by atoms with van der Waals surface area (Å²) in [6, 6.07) is 7.74. The van der Waals surface area contributed by atoms with Gasteiger partial charge >= 0.3 is 0 Å². The van der Waals surface area contributed by atoms with Gasteiger partial charge in [0, 0.05) is 10.0 Å². The zero-order chi connectivity index (χ0) is 14.5. The van der Waals surface area contributed by atoms with Gasteiger partial charge in [-0.1, -0.05) is 36.2 Å². The Kier molecular flexibility index (Phi) is 5.53. The van der Waals surface area contributed by atoms with Gasteiger partial charge in [-0.15, -0.1) is 0 Å². The highest BCUT2D eigenvalue weighted by atomic mass is 35.5. The molecule has 1 aromatic carbocycles. The molecular weight excluding hydrogens is 293 g/mol. The normalized spacial score (nSPS) is 12.6. The summed E-state index contributed by atoms with van der Waals surface area (Å²) in [5.41, 5.74) is 2.23. The molecule has 0 spiro atoms. The minimum Gasteiger partial charge on any atom is -0.467 e. The number of nitrogens with one attached hydrogen (secondary N) is 1.